The third-order valence-electron chi connectivity index (χ3n) is 4.42. The lowest BCUT2D eigenvalue weighted by molar-refractivity contribution is 0.414. The van der Waals surface area contributed by atoms with Crippen LogP contribution < -0.4 is 16.0 Å². The van der Waals surface area contributed by atoms with Crippen LogP contribution in [0, 0.1) is 13.8 Å². The van der Waals surface area contributed by atoms with Crippen molar-refractivity contribution in [2.75, 3.05) is 7.11 Å². The number of aromatic amines is 1. The third-order valence-corrected chi connectivity index (χ3v) is 4.42. The summed E-state index contributed by atoms with van der Waals surface area (Å²) in [5, 5.41) is 15.0. The van der Waals surface area contributed by atoms with Gasteiger partial charge in [0.25, 0.3) is 5.56 Å². The zero-order valence-electron chi connectivity index (χ0n) is 16.1. The molecule has 0 aliphatic heterocycles. The Bertz CT molecular complexity index is 1150. The number of aryl methyl sites for hydroxylation is 2. The molecule has 0 amide bonds. The SMILES string of the molecule is CCn1nc(C)c(N=Cc2c(O)n(-c3ccc(OC)cc3)c(=O)[nH]c2=O)c1C. The predicted octanol–water partition coefficient (Wildman–Crippen LogP) is 1.82. The molecule has 0 spiro atoms. The standard InChI is InChI=1S/C19H21N5O4/c1-5-23-12(3)16(11(2)22-23)20-10-15-17(25)21-19(27)24(18(15)26)13-6-8-14(28-4)9-7-13/h6-10,26H,5H2,1-4H3,(H,21,25,27). The number of H-pyrrole nitrogens is 1. The van der Waals surface area contributed by atoms with Gasteiger partial charge in [-0.15, -0.1) is 0 Å². The van der Waals surface area contributed by atoms with Gasteiger partial charge in [0.05, 0.1) is 24.2 Å². The Hall–Kier alpha value is -3.62. The molecular weight excluding hydrogens is 362 g/mol. The van der Waals surface area contributed by atoms with Crippen molar-refractivity contribution in [3.63, 3.8) is 0 Å². The predicted molar refractivity (Wildman–Crippen MR) is 106 cm³/mol. The molecule has 0 unspecified atom stereocenters. The van der Waals surface area contributed by atoms with Crippen LogP contribution in [0.4, 0.5) is 5.69 Å². The van der Waals surface area contributed by atoms with E-state index in [9.17, 15) is 14.7 Å². The molecule has 2 heterocycles. The second kappa shape index (κ2) is 7.55. The van der Waals surface area contributed by atoms with Gasteiger partial charge < -0.3 is 9.84 Å². The monoisotopic (exact) mass is 383 g/mol. The molecule has 9 nitrogen and oxygen atoms in total. The summed E-state index contributed by atoms with van der Waals surface area (Å²) in [5.41, 5.74) is 0.928. The average molecular weight is 383 g/mol. The molecule has 0 saturated carbocycles. The van der Waals surface area contributed by atoms with Gasteiger partial charge in [0, 0.05) is 12.8 Å². The first-order valence-corrected chi connectivity index (χ1v) is 8.68. The number of aromatic nitrogens is 4. The highest BCUT2D eigenvalue weighted by molar-refractivity contribution is 5.84. The fraction of sp³-hybridized carbons (Fsp3) is 0.263. The lowest BCUT2D eigenvalue weighted by Crippen LogP contribution is -2.31. The van der Waals surface area contributed by atoms with Gasteiger partial charge in [-0.3, -0.25) is 19.5 Å². The number of hydrogen-bond donors (Lipinski definition) is 2. The summed E-state index contributed by atoms with van der Waals surface area (Å²) in [4.78, 5) is 31.0. The van der Waals surface area contributed by atoms with E-state index in [1.54, 1.807) is 28.9 Å². The summed E-state index contributed by atoms with van der Waals surface area (Å²) in [6.07, 6.45) is 1.24. The molecule has 0 saturated heterocycles. The first kappa shape index (κ1) is 19.2. The minimum atomic E-state index is -0.754. The van der Waals surface area contributed by atoms with E-state index in [0.717, 1.165) is 10.3 Å². The molecule has 2 aromatic heterocycles. The van der Waals surface area contributed by atoms with Crippen LogP contribution in [-0.4, -0.2) is 37.8 Å². The topological polar surface area (TPSA) is 114 Å². The van der Waals surface area contributed by atoms with E-state index in [1.807, 2.05) is 20.8 Å². The van der Waals surface area contributed by atoms with Crippen LogP contribution >= 0.6 is 0 Å². The number of methoxy groups -OCH3 is 1. The molecule has 3 rings (SSSR count). The quantitative estimate of drug-likeness (QED) is 0.652. The molecule has 0 fully saturated rings. The maximum Gasteiger partial charge on any atom is 0.335 e. The lowest BCUT2D eigenvalue weighted by Gasteiger charge is -2.10. The number of nitrogens with one attached hydrogen (secondary N) is 1. The fourth-order valence-corrected chi connectivity index (χ4v) is 2.94. The fourth-order valence-electron chi connectivity index (χ4n) is 2.94. The van der Waals surface area contributed by atoms with Crippen LogP contribution in [-0.2, 0) is 6.54 Å². The van der Waals surface area contributed by atoms with Gasteiger partial charge in [-0.05, 0) is 45.0 Å². The Morgan fingerprint density at radius 3 is 2.50 bits per heavy atom. The van der Waals surface area contributed by atoms with Crippen molar-refractivity contribution in [1.29, 1.82) is 0 Å². The summed E-state index contributed by atoms with van der Waals surface area (Å²) >= 11 is 0. The highest BCUT2D eigenvalue weighted by Crippen LogP contribution is 2.24. The maximum atomic E-state index is 12.3. The van der Waals surface area contributed by atoms with Crippen LogP contribution in [0.5, 0.6) is 11.6 Å². The van der Waals surface area contributed by atoms with E-state index in [1.165, 1.54) is 13.3 Å². The van der Waals surface area contributed by atoms with Crippen molar-refractivity contribution >= 4 is 11.9 Å². The maximum absolute atomic E-state index is 12.3. The average Bonchev–Trinajstić information content (AvgIpc) is 2.95. The highest BCUT2D eigenvalue weighted by Gasteiger charge is 2.15. The summed E-state index contributed by atoms with van der Waals surface area (Å²) in [6, 6.07) is 6.48. The minimum absolute atomic E-state index is 0.126. The van der Waals surface area contributed by atoms with Crippen molar-refractivity contribution in [2.24, 2.45) is 4.99 Å². The van der Waals surface area contributed by atoms with Crippen molar-refractivity contribution in [2.45, 2.75) is 27.3 Å². The van der Waals surface area contributed by atoms with Gasteiger partial charge in [-0.1, -0.05) is 0 Å². The molecule has 0 aliphatic carbocycles. The van der Waals surface area contributed by atoms with Crippen LogP contribution in [0.25, 0.3) is 5.69 Å². The minimum Gasteiger partial charge on any atom is -0.497 e. The number of aliphatic imine (C=N–C) groups is 1. The molecule has 146 valence electrons. The molecule has 2 N–H and O–H groups in total. The van der Waals surface area contributed by atoms with Crippen LogP contribution in [0.1, 0.15) is 23.9 Å². The van der Waals surface area contributed by atoms with E-state index in [4.69, 9.17) is 4.74 Å². The molecule has 0 bridgehead atoms. The van der Waals surface area contributed by atoms with Crippen LogP contribution in [0.3, 0.4) is 0 Å². The first-order valence-electron chi connectivity index (χ1n) is 8.68. The molecule has 1 aromatic carbocycles. The van der Waals surface area contributed by atoms with Crippen molar-refractivity contribution in [1.82, 2.24) is 19.3 Å². The molecule has 9 heteroatoms. The Labute approximate surface area is 160 Å². The van der Waals surface area contributed by atoms with E-state index >= 15 is 0 Å². The number of nitrogens with zero attached hydrogens (tertiary/aromatic N) is 4. The smallest absolute Gasteiger partial charge is 0.335 e. The Morgan fingerprint density at radius 2 is 1.93 bits per heavy atom. The van der Waals surface area contributed by atoms with Crippen molar-refractivity contribution in [3.8, 4) is 17.3 Å². The van der Waals surface area contributed by atoms with E-state index in [-0.39, 0.29) is 5.56 Å². The molecule has 3 aromatic rings. The summed E-state index contributed by atoms with van der Waals surface area (Å²) in [6.45, 7) is 6.34. The second-order valence-electron chi connectivity index (χ2n) is 6.12. The number of benzene rings is 1. The van der Waals surface area contributed by atoms with E-state index < -0.39 is 17.1 Å². The van der Waals surface area contributed by atoms with E-state index in [0.29, 0.717) is 29.4 Å². The molecule has 0 radical (unpaired) electrons. The zero-order chi connectivity index (χ0) is 20.4. The molecule has 0 aliphatic rings. The molecule has 0 atom stereocenters. The van der Waals surface area contributed by atoms with Gasteiger partial charge in [0.1, 0.15) is 17.0 Å². The van der Waals surface area contributed by atoms with Gasteiger partial charge in [0.15, 0.2) is 0 Å². The Kier molecular flexibility index (Phi) is 5.16. The van der Waals surface area contributed by atoms with Crippen LogP contribution in [0.2, 0.25) is 0 Å². The van der Waals surface area contributed by atoms with Gasteiger partial charge in [0.2, 0.25) is 5.88 Å². The third kappa shape index (κ3) is 3.34. The van der Waals surface area contributed by atoms with Gasteiger partial charge >= 0.3 is 5.69 Å². The zero-order valence-corrected chi connectivity index (χ0v) is 16.1. The highest BCUT2D eigenvalue weighted by atomic mass is 16.5. The largest absolute Gasteiger partial charge is 0.497 e. The molecular formula is C19H21N5O4. The van der Waals surface area contributed by atoms with E-state index in [2.05, 4.69) is 15.1 Å². The Balaban J connectivity index is 2.11. The number of ether oxygens (including phenoxy) is 1. The number of rotatable bonds is 5. The van der Waals surface area contributed by atoms with Crippen molar-refractivity contribution < 1.29 is 9.84 Å². The summed E-state index contributed by atoms with van der Waals surface area (Å²) in [7, 11) is 1.53. The number of aromatic hydroxyl groups is 1. The van der Waals surface area contributed by atoms with Crippen molar-refractivity contribution in [3.05, 3.63) is 62.1 Å². The second-order valence-corrected chi connectivity index (χ2v) is 6.12. The van der Waals surface area contributed by atoms with Gasteiger partial charge in [-0.2, -0.15) is 5.10 Å². The Morgan fingerprint density at radius 1 is 1.25 bits per heavy atom. The normalized spacial score (nSPS) is 11.3. The number of hydrogen-bond acceptors (Lipinski definition) is 6. The summed E-state index contributed by atoms with van der Waals surface area (Å²) in [5.74, 6) is 0.0993. The van der Waals surface area contributed by atoms with Gasteiger partial charge in [-0.25, -0.2) is 9.36 Å². The van der Waals surface area contributed by atoms with Crippen LogP contribution in [0.15, 0.2) is 38.8 Å². The summed E-state index contributed by atoms with van der Waals surface area (Å²) < 4.78 is 7.89. The lowest BCUT2D eigenvalue weighted by atomic mass is 10.2. The molecule has 28 heavy (non-hydrogen) atoms. The first-order chi connectivity index (χ1) is 13.4.